The Bertz CT molecular complexity index is 905. The molecule has 0 bridgehead atoms. The van der Waals surface area contributed by atoms with Crippen molar-refractivity contribution in [2.24, 2.45) is 0 Å². The Hall–Kier alpha value is -2.58. The summed E-state index contributed by atoms with van der Waals surface area (Å²) < 4.78 is 21.7. The van der Waals surface area contributed by atoms with Crippen molar-refractivity contribution in [3.8, 4) is 5.75 Å². The molecule has 1 aromatic rings. The Kier molecular flexibility index (Phi) is 9.77. The summed E-state index contributed by atoms with van der Waals surface area (Å²) in [5, 5.41) is 3.16. The van der Waals surface area contributed by atoms with Gasteiger partial charge in [-0.2, -0.15) is 0 Å². The molecule has 34 heavy (non-hydrogen) atoms. The van der Waals surface area contributed by atoms with Crippen LogP contribution in [-0.2, 0) is 32.0 Å². The summed E-state index contributed by atoms with van der Waals surface area (Å²) >= 11 is 0. The minimum atomic E-state index is -0.306. The number of morpholine rings is 1. The van der Waals surface area contributed by atoms with Gasteiger partial charge in [-0.3, -0.25) is 9.69 Å². The van der Waals surface area contributed by atoms with Gasteiger partial charge < -0.3 is 24.3 Å². The number of rotatable bonds is 12. The van der Waals surface area contributed by atoms with Gasteiger partial charge in [-0.15, -0.1) is 0 Å². The van der Waals surface area contributed by atoms with Crippen molar-refractivity contribution in [1.29, 1.82) is 0 Å². The van der Waals surface area contributed by atoms with Crippen molar-refractivity contribution in [2.75, 3.05) is 58.9 Å². The van der Waals surface area contributed by atoms with Gasteiger partial charge in [-0.05, 0) is 51.6 Å². The normalized spacial score (nSPS) is 16.2. The summed E-state index contributed by atoms with van der Waals surface area (Å²) in [5.74, 6) is 0.297. The summed E-state index contributed by atoms with van der Waals surface area (Å²) in [7, 11) is 3.44. The molecule has 1 N–H and O–H groups in total. The third-order valence-corrected chi connectivity index (χ3v) is 6.54. The van der Waals surface area contributed by atoms with Crippen LogP contribution >= 0.6 is 0 Å². The quantitative estimate of drug-likeness (QED) is 0.279. The molecular formula is C26H38N2O6. The molecule has 0 spiro atoms. The zero-order valence-electron chi connectivity index (χ0n) is 21.0. The van der Waals surface area contributed by atoms with Crippen LogP contribution in [-0.4, -0.2) is 70.5 Å². The molecular weight excluding hydrogens is 436 g/mol. The SMILES string of the molecule is CNc1c(CC=C(C)CCC(=O)OCCCCN2CCOCC2)c(OC)c(C)c2c1C(=O)OC2. The van der Waals surface area contributed by atoms with E-state index in [2.05, 4.69) is 16.3 Å². The van der Waals surface area contributed by atoms with E-state index < -0.39 is 0 Å². The Morgan fingerprint density at radius 2 is 1.97 bits per heavy atom. The van der Waals surface area contributed by atoms with E-state index in [1.54, 1.807) is 14.2 Å². The highest BCUT2D eigenvalue weighted by molar-refractivity contribution is 6.01. The van der Waals surface area contributed by atoms with Crippen molar-refractivity contribution in [2.45, 2.75) is 52.6 Å². The molecule has 0 atom stereocenters. The number of hydrogen-bond donors (Lipinski definition) is 1. The molecule has 0 aliphatic carbocycles. The predicted octanol–water partition coefficient (Wildman–Crippen LogP) is 3.64. The topological polar surface area (TPSA) is 86.3 Å². The fraction of sp³-hybridized carbons (Fsp3) is 0.615. The van der Waals surface area contributed by atoms with Crippen LogP contribution < -0.4 is 10.1 Å². The van der Waals surface area contributed by atoms with Crippen LogP contribution in [0.5, 0.6) is 5.75 Å². The number of allylic oxidation sites excluding steroid dienone is 2. The van der Waals surface area contributed by atoms with Crippen molar-refractivity contribution in [3.05, 3.63) is 33.9 Å². The maximum absolute atomic E-state index is 12.3. The lowest BCUT2D eigenvalue weighted by molar-refractivity contribution is -0.143. The van der Waals surface area contributed by atoms with Crippen molar-refractivity contribution in [3.63, 3.8) is 0 Å². The number of fused-ring (bicyclic) bond motifs is 1. The first-order valence-corrected chi connectivity index (χ1v) is 12.1. The van der Waals surface area contributed by atoms with Crippen LogP contribution in [0.15, 0.2) is 11.6 Å². The van der Waals surface area contributed by atoms with Crippen LogP contribution in [0.1, 0.15) is 59.7 Å². The van der Waals surface area contributed by atoms with E-state index >= 15 is 0 Å². The summed E-state index contributed by atoms with van der Waals surface area (Å²) in [6.45, 7) is 9.33. The predicted molar refractivity (Wildman–Crippen MR) is 131 cm³/mol. The molecule has 0 unspecified atom stereocenters. The van der Waals surface area contributed by atoms with Gasteiger partial charge in [0.1, 0.15) is 12.4 Å². The van der Waals surface area contributed by atoms with Crippen molar-refractivity contribution >= 4 is 17.6 Å². The number of esters is 2. The number of hydrogen-bond acceptors (Lipinski definition) is 8. The molecule has 3 rings (SSSR count). The lowest BCUT2D eigenvalue weighted by Crippen LogP contribution is -2.36. The molecule has 2 heterocycles. The van der Waals surface area contributed by atoms with Gasteiger partial charge in [-0.25, -0.2) is 4.79 Å². The molecule has 188 valence electrons. The first-order valence-electron chi connectivity index (χ1n) is 12.1. The Balaban J connectivity index is 1.48. The largest absolute Gasteiger partial charge is 0.496 e. The average molecular weight is 475 g/mol. The summed E-state index contributed by atoms with van der Waals surface area (Å²) in [4.78, 5) is 26.8. The minimum Gasteiger partial charge on any atom is -0.496 e. The van der Waals surface area contributed by atoms with Crippen LogP contribution in [0, 0.1) is 6.92 Å². The summed E-state index contributed by atoms with van der Waals surface area (Å²) in [5.41, 5.74) is 5.17. The first kappa shape index (κ1) is 26.0. The van der Waals surface area contributed by atoms with E-state index in [4.69, 9.17) is 18.9 Å². The number of nitrogens with one attached hydrogen (secondary N) is 1. The van der Waals surface area contributed by atoms with Gasteiger partial charge in [0.2, 0.25) is 0 Å². The van der Waals surface area contributed by atoms with Crippen LogP contribution in [0.3, 0.4) is 0 Å². The lowest BCUT2D eigenvalue weighted by atomic mass is 9.93. The van der Waals surface area contributed by atoms with Crippen LogP contribution in [0.2, 0.25) is 0 Å². The second-order valence-electron chi connectivity index (χ2n) is 8.83. The van der Waals surface area contributed by atoms with Gasteiger partial charge in [0, 0.05) is 37.7 Å². The Labute approximate surface area is 202 Å². The molecule has 1 fully saturated rings. The van der Waals surface area contributed by atoms with Crippen molar-refractivity contribution in [1.82, 2.24) is 4.90 Å². The highest BCUT2D eigenvalue weighted by atomic mass is 16.5. The van der Waals surface area contributed by atoms with Crippen molar-refractivity contribution < 1.29 is 28.5 Å². The molecule has 8 nitrogen and oxygen atoms in total. The number of carbonyl (C=O) groups excluding carboxylic acids is 2. The maximum Gasteiger partial charge on any atom is 0.341 e. The molecule has 2 aliphatic heterocycles. The van der Waals surface area contributed by atoms with E-state index in [1.165, 1.54) is 0 Å². The smallest absolute Gasteiger partial charge is 0.341 e. The number of unbranched alkanes of at least 4 members (excludes halogenated alkanes) is 1. The molecule has 0 radical (unpaired) electrons. The van der Waals surface area contributed by atoms with E-state index in [1.807, 2.05) is 13.8 Å². The number of cyclic esters (lactones) is 1. The van der Waals surface area contributed by atoms with Gasteiger partial charge >= 0.3 is 11.9 Å². The third kappa shape index (κ3) is 6.51. The Morgan fingerprint density at radius 1 is 1.21 bits per heavy atom. The maximum atomic E-state index is 12.3. The molecule has 1 aromatic carbocycles. The van der Waals surface area contributed by atoms with E-state index in [9.17, 15) is 9.59 Å². The van der Waals surface area contributed by atoms with E-state index in [0.717, 1.165) is 79.4 Å². The number of benzene rings is 1. The van der Waals surface area contributed by atoms with Gasteiger partial charge in [-0.1, -0.05) is 11.6 Å². The second kappa shape index (κ2) is 12.8. The molecule has 8 heteroatoms. The van der Waals surface area contributed by atoms with Crippen LogP contribution in [0.25, 0.3) is 0 Å². The molecule has 1 saturated heterocycles. The highest BCUT2D eigenvalue weighted by Gasteiger charge is 2.31. The standard InChI is InChI=1S/C26H38N2O6/c1-18(8-10-22(29)33-14-6-5-11-28-12-15-32-16-13-28)7-9-20-24(27-3)23-21(17-34-26(23)30)19(2)25(20)31-4/h7,27H,5-6,8-17H2,1-4H3. The first-order chi connectivity index (χ1) is 16.5. The zero-order chi connectivity index (χ0) is 24.5. The van der Waals surface area contributed by atoms with Gasteiger partial charge in [0.05, 0.1) is 38.2 Å². The number of methoxy groups -OCH3 is 1. The molecule has 0 amide bonds. The summed E-state index contributed by atoms with van der Waals surface area (Å²) in [6, 6.07) is 0. The van der Waals surface area contributed by atoms with Gasteiger partial charge in [0.25, 0.3) is 0 Å². The number of anilines is 1. The Morgan fingerprint density at radius 3 is 2.68 bits per heavy atom. The molecule has 0 saturated carbocycles. The summed E-state index contributed by atoms with van der Waals surface area (Å²) in [6.07, 6.45) is 5.57. The molecule has 2 aliphatic rings. The lowest BCUT2D eigenvalue weighted by Gasteiger charge is -2.26. The molecule has 0 aromatic heterocycles. The minimum absolute atomic E-state index is 0.163. The highest BCUT2D eigenvalue weighted by Crippen LogP contribution is 2.41. The fourth-order valence-electron chi connectivity index (χ4n) is 4.53. The van der Waals surface area contributed by atoms with E-state index in [-0.39, 0.29) is 18.5 Å². The average Bonchev–Trinajstić information content (AvgIpc) is 3.23. The monoisotopic (exact) mass is 474 g/mol. The fourth-order valence-corrected chi connectivity index (χ4v) is 4.53. The third-order valence-electron chi connectivity index (χ3n) is 6.54. The number of nitrogens with zero attached hydrogens (tertiary/aromatic N) is 1. The van der Waals surface area contributed by atoms with Crippen LogP contribution in [0.4, 0.5) is 5.69 Å². The number of ether oxygens (including phenoxy) is 4. The van der Waals surface area contributed by atoms with Gasteiger partial charge in [0.15, 0.2) is 0 Å². The number of carbonyl (C=O) groups is 2. The van der Waals surface area contributed by atoms with E-state index in [0.29, 0.717) is 31.4 Å². The zero-order valence-corrected chi connectivity index (χ0v) is 21.0. The second-order valence-corrected chi connectivity index (χ2v) is 8.83.